The monoisotopic (exact) mass is 416 g/mol. The number of likely N-dealkylation sites (tertiary alicyclic amines) is 1. The van der Waals surface area contributed by atoms with Crippen LogP contribution in [0.1, 0.15) is 40.0 Å². The summed E-state index contributed by atoms with van der Waals surface area (Å²) < 4.78 is 13.5. The van der Waals surface area contributed by atoms with Gasteiger partial charge >= 0.3 is 0 Å². The lowest BCUT2D eigenvalue weighted by molar-refractivity contribution is 0.250. The van der Waals surface area contributed by atoms with Crippen LogP contribution >= 0.6 is 11.6 Å². The van der Waals surface area contributed by atoms with Gasteiger partial charge in [-0.1, -0.05) is 32.4 Å². The molecule has 0 amide bonds. The molecule has 0 spiro atoms. The lowest BCUT2D eigenvalue weighted by Gasteiger charge is -2.24. The Morgan fingerprint density at radius 2 is 1.83 bits per heavy atom. The molecule has 1 aliphatic heterocycles. The van der Waals surface area contributed by atoms with Crippen molar-refractivity contribution in [3.05, 3.63) is 41.2 Å². The largest absolute Gasteiger partial charge is 0.366 e. The summed E-state index contributed by atoms with van der Waals surface area (Å²) in [7, 11) is 0. The molecular formula is C23H30ClFN4. The Hall–Kier alpha value is -1.72. The highest BCUT2D eigenvalue weighted by Crippen LogP contribution is 2.39. The van der Waals surface area contributed by atoms with E-state index in [2.05, 4.69) is 41.2 Å². The average molecular weight is 417 g/mol. The summed E-state index contributed by atoms with van der Waals surface area (Å²) in [6.07, 6.45) is 3.64. The minimum atomic E-state index is -0.331. The number of halogens is 2. The fourth-order valence-corrected chi connectivity index (χ4v) is 4.86. The summed E-state index contributed by atoms with van der Waals surface area (Å²) in [5, 5.41) is 12.6. The molecule has 2 heterocycles. The van der Waals surface area contributed by atoms with Crippen LogP contribution in [0.25, 0.3) is 11.3 Å². The van der Waals surface area contributed by atoms with Crippen LogP contribution in [0.15, 0.2) is 30.3 Å². The number of hydrogen-bond donors (Lipinski definition) is 1. The van der Waals surface area contributed by atoms with E-state index in [0.29, 0.717) is 27.7 Å². The van der Waals surface area contributed by atoms with Gasteiger partial charge in [-0.25, -0.2) is 4.39 Å². The van der Waals surface area contributed by atoms with Crippen molar-refractivity contribution in [2.75, 3.05) is 25.0 Å². The van der Waals surface area contributed by atoms with Gasteiger partial charge in [0.05, 0.1) is 10.7 Å². The molecule has 29 heavy (non-hydrogen) atoms. The van der Waals surface area contributed by atoms with Crippen molar-refractivity contribution < 1.29 is 4.39 Å². The summed E-state index contributed by atoms with van der Waals surface area (Å²) in [5.74, 6) is 2.01. The molecule has 3 atom stereocenters. The van der Waals surface area contributed by atoms with E-state index in [0.717, 1.165) is 17.7 Å². The zero-order valence-electron chi connectivity index (χ0n) is 17.5. The highest BCUT2D eigenvalue weighted by molar-refractivity contribution is 6.33. The zero-order valence-corrected chi connectivity index (χ0v) is 18.2. The van der Waals surface area contributed by atoms with E-state index in [9.17, 15) is 4.39 Å². The van der Waals surface area contributed by atoms with Gasteiger partial charge in [-0.15, -0.1) is 10.2 Å². The highest BCUT2D eigenvalue weighted by atomic mass is 35.5. The van der Waals surface area contributed by atoms with Crippen LogP contribution in [0.2, 0.25) is 5.02 Å². The van der Waals surface area contributed by atoms with Crippen molar-refractivity contribution in [2.24, 2.45) is 17.3 Å². The van der Waals surface area contributed by atoms with Crippen LogP contribution in [0, 0.1) is 23.1 Å². The third kappa shape index (κ3) is 5.07. The minimum Gasteiger partial charge on any atom is -0.366 e. The lowest BCUT2D eigenvalue weighted by Crippen LogP contribution is -2.28. The Kier molecular flexibility index (Phi) is 5.80. The second kappa shape index (κ2) is 8.19. The molecule has 6 heteroatoms. The lowest BCUT2D eigenvalue weighted by atomic mass is 9.92. The van der Waals surface area contributed by atoms with E-state index in [-0.39, 0.29) is 5.82 Å². The Morgan fingerprint density at radius 1 is 1.10 bits per heavy atom. The number of nitrogens with one attached hydrogen (secondary N) is 1. The maximum Gasteiger partial charge on any atom is 0.148 e. The van der Waals surface area contributed by atoms with E-state index in [1.165, 1.54) is 51.0 Å². The number of anilines is 1. The summed E-state index contributed by atoms with van der Waals surface area (Å²) in [4.78, 5) is 2.65. The third-order valence-corrected chi connectivity index (χ3v) is 6.56. The third-order valence-electron chi connectivity index (χ3n) is 6.23. The van der Waals surface area contributed by atoms with E-state index >= 15 is 0 Å². The molecule has 1 aliphatic carbocycles. The van der Waals surface area contributed by atoms with Gasteiger partial charge in [0.25, 0.3) is 0 Å². The van der Waals surface area contributed by atoms with E-state index < -0.39 is 0 Å². The molecule has 4 nitrogen and oxygen atoms in total. The van der Waals surface area contributed by atoms with Crippen molar-refractivity contribution in [2.45, 2.75) is 46.1 Å². The number of rotatable bonds is 5. The predicted molar refractivity (Wildman–Crippen MR) is 117 cm³/mol. The average Bonchev–Trinajstić information content (AvgIpc) is 3.20. The molecule has 0 bridgehead atoms. The van der Waals surface area contributed by atoms with Crippen LogP contribution in [-0.4, -0.2) is 40.8 Å². The first kappa shape index (κ1) is 20.5. The predicted octanol–water partition coefficient (Wildman–Crippen LogP) is 5.49. The molecule has 2 aliphatic rings. The summed E-state index contributed by atoms with van der Waals surface area (Å²) >= 11 is 6.17. The maximum absolute atomic E-state index is 13.5. The molecule has 156 valence electrons. The maximum atomic E-state index is 13.5. The molecule has 2 aromatic rings. The molecule has 1 N–H and O–H groups in total. The highest BCUT2D eigenvalue weighted by Gasteiger charge is 2.40. The molecule has 4 rings (SSSR count). The quantitative estimate of drug-likeness (QED) is 0.699. The van der Waals surface area contributed by atoms with Crippen molar-refractivity contribution in [1.29, 1.82) is 0 Å². The van der Waals surface area contributed by atoms with Crippen LogP contribution < -0.4 is 5.32 Å². The first-order valence-corrected chi connectivity index (χ1v) is 10.9. The van der Waals surface area contributed by atoms with Gasteiger partial charge in [-0.3, -0.25) is 0 Å². The summed E-state index contributed by atoms with van der Waals surface area (Å²) in [5.41, 5.74) is 1.55. The first-order valence-electron chi connectivity index (χ1n) is 10.5. The van der Waals surface area contributed by atoms with E-state index in [1.54, 1.807) is 6.07 Å². The second-order valence-electron chi connectivity index (χ2n) is 9.83. The standard InChI is InChI=1S/C23H30ClFN4/c1-23(2,3)8-9-29-13-15-10-18(11-16(15)14-29)26-22-7-6-21(27-28-22)19-12-17(25)4-5-20(19)24/h4-7,12,15-16,18H,8-11,13-14H2,1-3H3,(H,26,28)/t15-,16+,18?. The fourth-order valence-electron chi connectivity index (χ4n) is 4.65. The molecule has 2 fully saturated rings. The molecule has 1 aromatic heterocycles. The molecule has 0 radical (unpaired) electrons. The van der Waals surface area contributed by atoms with Gasteiger partial charge < -0.3 is 10.2 Å². The van der Waals surface area contributed by atoms with Gasteiger partial charge in [0.15, 0.2) is 0 Å². The van der Waals surface area contributed by atoms with Crippen LogP contribution in [0.3, 0.4) is 0 Å². The Morgan fingerprint density at radius 3 is 2.45 bits per heavy atom. The van der Waals surface area contributed by atoms with E-state index in [4.69, 9.17) is 11.6 Å². The van der Waals surface area contributed by atoms with Crippen molar-refractivity contribution in [3.8, 4) is 11.3 Å². The van der Waals surface area contributed by atoms with Crippen LogP contribution in [0.4, 0.5) is 10.2 Å². The minimum absolute atomic E-state index is 0.331. The normalized spacial score (nSPS) is 24.7. The topological polar surface area (TPSA) is 41.0 Å². The van der Waals surface area contributed by atoms with Gasteiger partial charge in [0.1, 0.15) is 11.6 Å². The number of hydrogen-bond acceptors (Lipinski definition) is 4. The van der Waals surface area contributed by atoms with Crippen molar-refractivity contribution in [1.82, 2.24) is 15.1 Å². The fraction of sp³-hybridized carbons (Fsp3) is 0.565. The van der Waals surface area contributed by atoms with Gasteiger partial charge in [-0.05, 0) is 73.4 Å². The SMILES string of the molecule is CC(C)(C)CCN1C[C@H]2CC(Nc3ccc(-c4cc(F)ccc4Cl)nn3)C[C@H]2C1. The number of nitrogens with zero attached hydrogens (tertiary/aromatic N) is 3. The second-order valence-corrected chi connectivity index (χ2v) is 10.2. The summed E-state index contributed by atoms with van der Waals surface area (Å²) in [6.45, 7) is 10.6. The van der Waals surface area contributed by atoms with Crippen LogP contribution in [0.5, 0.6) is 0 Å². The number of fused-ring (bicyclic) bond motifs is 1. The van der Waals surface area contributed by atoms with Gasteiger partial charge in [0.2, 0.25) is 0 Å². The Bertz CT molecular complexity index is 835. The van der Waals surface area contributed by atoms with Crippen molar-refractivity contribution >= 4 is 17.4 Å². The molecule has 1 saturated heterocycles. The zero-order chi connectivity index (χ0) is 20.6. The summed E-state index contributed by atoms with van der Waals surface area (Å²) in [6, 6.07) is 8.49. The molecule has 1 saturated carbocycles. The molecule has 1 aromatic carbocycles. The van der Waals surface area contributed by atoms with Gasteiger partial charge in [0, 0.05) is 24.7 Å². The number of aromatic nitrogens is 2. The van der Waals surface area contributed by atoms with Gasteiger partial charge in [-0.2, -0.15) is 0 Å². The number of benzene rings is 1. The van der Waals surface area contributed by atoms with E-state index in [1.807, 2.05) is 12.1 Å². The molecular weight excluding hydrogens is 387 g/mol. The Labute approximate surface area is 177 Å². The van der Waals surface area contributed by atoms with Crippen LogP contribution in [-0.2, 0) is 0 Å². The Balaban J connectivity index is 1.31. The molecule has 1 unspecified atom stereocenters. The van der Waals surface area contributed by atoms with Crippen molar-refractivity contribution in [3.63, 3.8) is 0 Å². The first-order chi connectivity index (χ1) is 13.8. The smallest absolute Gasteiger partial charge is 0.148 e.